The van der Waals surface area contributed by atoms with Gasteiger partial charge < -0.3 is 14.9 Å². The summed E-state index contributed by atoms with van der Waals surface area (Å²) < 4.78 is 4.82. The van der Waals surface area contributed by atoms with Crippen LogP contribution in [0, 0.1) is 0 Å². The van der Waals surface area contributed by atoms with Crippen LogP contribution in [-0.2, 0) is 14.3 Å². The van der Waals surface area contributed by atoms with E-state index in [1.807, 2.05) is 12.2 Å². The van der Waals surface area contributed by atoms with E-state index in [9.17, 15) is 14.7 Å². The Balaban J connectivity index is 2.72. The monoisotopic (exact) mass is 266 g/mol. The summed E-state index contributed by atoms with van der Waals surface area (Å²) in [4.78, 5) is 22.3. The number of allylic oxidation sites excluding steroid dienone is 3. The van der Waals surface area contributed by atoms with Gasteiger partial charge >= 0.3 is 11.9 Å². The van der Waals surface area contributed by atoms with E-state index in [-0.39, 0.29) is 6.42 Å². The second kappa shape index (κ2) is 8.26. The van der Waals surface area contributed by atoms with Gasteiger partial charge in [-0.25, -0.2) is 9.59 Å². The maximum atomic E-state index is 11.4. The van der Waals surface area contributed by atoms with E-state index in [0.29, 0.717) is 12.8 Å². The molecule has 5 nitrogen and oxygen atoms in total. The van der Waals surface area contributed by atoms with Gasteiger partial charge in [-0.1, -0.05) is 24.3 Å². The first-order chi connectivity index (χ1) is 9.09. The number of carboxylic acids is 1. The lowest BCUT2D eigenvalue weighted by Gasteiger charge is -2.12. The molecular weight excluding hydrogens is 248 g/mol. The van der Waals surface area contributed by atoms with E-state index in [4.69, 9.17) is 9.84 Å². The lowest BCUT2D eigenvalue weighted by Crippen LogP contribution is -2.26. The van der Waals surface area contributed by atoms with E-state index in [1.165, 1.54) is 6.08 Å². The van der Waals surface area contributed by atoms with Crippen molar-refractivity contribution in [3.8, 4) is 0 Å². The molecule has 1 aliphatic rings. The summed E-state index contributed by atoms with van der Waals surface area (Å²) in [6.07, 6.45) is 9.85. The summed E-state index contributed by atoms with van der Waals surface area (Å²) in [6, 6.07) is 0. The average Bonchev–Trinajstić information content (AvgIpc) is 2.37. The van der Waals surface area contributed by atoms with Gasteiger partial charge in [-0.15, -0.1) is 0 Å². The minimum absolute atomic E-state index is 0.275. The number of carbonyl (C=O) groups excluding carboxylic acids is 1. The lowest BCUT2D eigenvalue weighted by atomic mass is 10.1. The zero-order chi connectivity index (χ0) is 14.1. The highest BCUT2D eigenvalue weighted by atomic mass is 16.6. The molecule has 0 aromatic heterocycles. The minimum atomic E-state index is -1.15. The van der Waals surface area contributed by atoms with Gasteiger partial charge in [-0.2, -0.15) is 0 Å². The van der Waals surface area contributed by atoms with Crippen LogP contribution in [0.25, 0.3) is 0 Å². The number of esters is 1. The summed E-state index contributed by atoms with van der Waals surface area (Å²) >= 11 is 0. The molecule has 1 heterocycles. The van der Waals surface area contributed by atoms with Crippen LogP contribution in [0.15, 0.2) is 36.5 Å². The predicted molar refractivity (Wildman–Crippen MR) is 69.4 cm³/mol. The number of ether oxygens (including phenoxy) is 1. The first-order valence-electron chi connectivity index (χ1n) is 6.21. The highest BCUT2D eigenvalue weighted by molar-refractivity contribution is 5.85. The largest absolute Gasteiger partial charge is 0.479 e. The van der Waals surface area contributed by atoms with Crippen LogP contribution in [0.3, 0.4) is 0 Å². The van der Waals surface area contributed by atoms with Crippen molar-refractivity contribution in [2.45, 2.75) is 37.9 Å². The molecule has 0 saturated carbocycles. The zero-order valence-electron chi connectivity index (χ0n) is 10.6. The highest BCUT2D eigenvalue weighted by Crippen LogP contribution is 2.08. The van der Waals surface area contributed by atoms with Crippen molar-refractivity contribution in [3.63, 3.8) is 0 Å². The van der Waals surface area contributed by atoms with E-state index in [2.05, 4.69) is 0 Å². The van der Waals surface area contributed by atoms with Crippen molar-refractivity contribution < 1.29 is 24.5 Å². The second-order valence-corrected chi connectivity index (χ2v) is 4.18. The SMILES string of the molecule is O=C1C=CC(O)C=CCC=CCCC[C@@H](C(=O)O)O1. The third kappa shape index (κ3) is 6.57. The number of cyclic esters (lactones) is 1. The Morgan fingerprint density at radius 3 is 2.79 bits per heavy atom. The number of carbonyl (C=O) groups is 2. The summed E-state index contributed by atoms with van der Waals surface area (Å²) in [5.74, 6) is -1.91. The number of aliphatic hydroxyl groups is 1. The van der Waals surface area contributed by atoms with Crippen molar-refractivity contribution in [3.05, 3.63) is 36.5 Å². The number of hydrogen-bond acceptors (Lipinski definition) is 4. The van der Waals surface area contributed by atoms with E-state index in [1.54, 1.807) is 12.2 Å². The number of aliphatic hydroxyl groups excluding tert-OH is 1. The lowest BCUT2D eigenvalue weighted by molar-refractivity contribution is -0.161. The summed E-state index contributed by atoms with van der Waals surface area (Å²) in [6.45, 7) is 0. The molecule has 19 heavy (non-hydrogen) atoms. The molecule has 0 bridgehead atoms. The minimum Gasteiger partial charge on any atom is -0.479 e. The predicted octanol–water partition coefficient (Wildman–Crippen LogP) is 1.59. The normalized spacial score (nSPS) is 25.6. The van der Waals surface area contributed by atoms with Crippen molar-refractivity contribution in [2.24, 2.45) is 0 Å². The average molecular weight is 266 g/mol. The third-order valence-electron chi connectivity index (χ3n) is 2.57. The van der Waals surface area contributed by atoms with E-state index in [0.717, 1.165) is 12.5 Å². The number of carboxylic acid groups (broad SMARTS) is 1. The van der Waals surface area contributed by atoms with Crippen molar-refractivity contribution in [1.82, 2.24) is 0 Å². The van der Waals surface area contributed by atoms with Gasteiger partial charge in [-0.05, 0) is 31.8 Å². The van der Waals surface area contributed by atoms with Crippen LogP contribution in [0.5, 0.6) is 0 Å². The van der Waals surface area contributed by atoms with Crippen LogP contribution < -0.4 is 0 Å². The smallest absolute Gasteiger partial charge is 0.345 e. The van der Waals surface area contributed by atoms with Crippen molar-refractivity contribution in [1.29, 1.82) is 0 Å². The third-order valence-corrected chi connectivity index (χ3v) is 2.57. The van der Waals surface area contributed by atoms with Gasteiger partial charge in [0, 0.05) is 6.08 Å². The molecule has 0 aromatic rings. The summed E-state index contributed by atoms with van der Waals surface area (Å²) in [7, 11) is 0. The van der Waals surface area contributed by atoms with Gasteiger partial charge in [0.1, 0.15) is 0 Å². The number of hydrogen-bond donors (Lipinski definition) is 2. The summed E-state index contributed by atoms with van der Waals surface area (Å²) in [5.41, 5.74) is 0. The van der Waals surface area contributed by atoms with Gasteiger partial charge in [-0.3, -0.25) is 0 Å². The van der Waals surface area contributed by atoms with Crippen LogP contribution in [0.2, 0.25) is 0 Å². The Bertz CT molecular complexity index is 395. The fourth-order valence-corrected chi connectivity index (χ4v) is 1.59. The number of rotatable bonds is 1. The maximum Gasteiger partial charge on any atom is 0.345 e. The second-order valence-electron chi connectivity index (χ2n) is 4.18. The van der Waals surface area contributed by atoms with Crippen LogP contribution in [0.4, 0.5) is 0 Å². The molecule has 1 unspecified atom stereocenters. The standard InChI is InChI=1S/C14H18O5/c15-11-7-5-3-1-2-4-6-8-12(14(17)18)19-13(16)10-9-11/h1-2,5,7,9-12,15H,3-4,6,8H2,(H,17,18)/t11?,12-/m0/s1. The topological polar surface area (TPSA) is 83.8 Å². The zero-order valence-corrected chi connectivity index (χ0v) is 10.6. The van der Waals surface area contributed by atoms with Crippen molar-refractivity contribution >= 4 is 11.9 Å². The van der Waals surface area contributed by atoms with Crippen molar-refractivity contribution in [2.75, 3.05) is 0 Å². The molecule has 1 rings (SSSR count). The molecule has 0 amide bonds. The Kier molecular flexibility index (Phi) is 6.60. The quantitative estimate of drug-likeness (QED) is 0.556. The van der Waals surface area contributed by atoms with Gasteiger partial charge in [0.2, 0.25) is 0 Å². The molecule has 5 heteroatoms. The molecule has 0 aliphatic carbocycles. The molecular formula is C14H18O5. The molecule has 0 aromatic carbocycles. The van der Waals surface area contributed by atoms with Crippen LogP contribution in [-0.4, -0.2) is 34.4 Å². The highest BCUT2D eigenvalue weighted by Gasteiger charge is 2.20. The molecule has 2 atom stereocenters. The fraction of sp³-hybridized carbons (Fsp3) is 0.429. The Morgan fingerprint density at radius 2 is 2.05 bits per heavy atom. The molecule has 2 N–H and O–H groups in total. The van der Waals surface area contributed by atoms with Crippen LogP contribution >= 0.6 is 0 Å². The molecule has 0 spiro atoms. The Hall–Kier alpha value is -1.88. The number of aliphatic carboxylic acids is 1. The molecule has 0 fully saturated rings. The first kappa shape index (κ1) is 15.2. The Morgan fingerprint density at radius 1 is 1.26 bits per heavy atom. The van der Waals surface area contributed by atoms with Gasteiger partial charge in [0.25, 0.3) is 0 Å². The van der Waals surface area contributed by atoms with Crippen LogP contribution in [0.1, 0.15) is 25.7 Å². The van der Waals surface area contributed by atoms with E-state index >= 15 is 0 Å². The fourth-order valence-electron chi connectivity index (χ4n) is 1.59. The van der Waals surface area contributed by atoms with Gasteiger partial charge in [0.05, 0.1) is 6.10 Å². The van der Waals surface area contributed by atoms with Gasteiger partial charge in [0.15, 0.2) is 6.10 Å². The molecule has 0 radical (unpaired) electrons. The first-order valence-corrected chi connectivity index (χ1v) is 6.21. The molecule has 0 saturated heterocycles. The maximum absolute atomic E-state index is 11.4. The molecule has 1 aliphatic heterocycles. The summed E-state index contributed by atoms with van der Waals surface area (Å²) in [5, 5.41) is 18.4. The molecule has 104 valence electrons. The Labute approximate surface area is 111 Å². The van der Waals surface area contributed by atoms with E-state index < -0.39 is 24.1 Å².